The largest absolute Gasteiger partial charge is 0.378 e. The van der Waals surface area contributed by atoms with Crippen molar-refractivity contribution in [3.8, 4) is 0 Å². The quantitative estimate of drug-likeness (QED) is 0.865. The van der Waals surface area contributed by atoms with Gasteiger partial charge in [0.05, 0.1) is 0 Å². The van der Waals surface area contributed by atoms with Gasteiger partial charge in [-0.1, -0.05) is 0 Å². The SMILES string of the molecule is CN(C)c1ccc(N2CCN(CCCN)CC2)cc1. The van der Waals surface area contributed by atoms with Gasteiger partial charge in [0.1, 0.15) is 0 Å². The van der Waals surface area contributed by atoms with E-state index in [1.54, 1.807) is 0 Å². The standard InChI is InChI=1S/C15H26N4/c1-17(2)14-4-6-15(7-5-14)19-12-10-18(11-13-19)9-3-8-16/h4-7H,3,8-13,16H2,1-2H3. The number of nitrogens with two attached hydrogens (primary N) is 1. The molecule has 0 aromatic heterocycles. The van der Waals surface area contributed by atoms with Gasteiger partial charge in [0, 0.05) is 51.6 Å². The first-order valence-electron chi connectivity index (χ1n) is 7.15. The lowest BCUT2D eigenvalue weighted by Crippen LogP contribution is -2.46. The molecule has 4 heteroatoms. The van der Waals surface area contributed by atoms with Crippen LogP contribution in [0, 0.1) is 0 Å². The molecule has 1 aromatic carbocycles. The summed E-state index contributed by atoms with van der Waals surface area (Å²) in [6.07, 6.45) is 1.11. The van der Waals surface area contributed by atoms with E-state index in [1.807, 2.05) is 0 Å². The molecular weight excluding hydrogens is 236 g/mol. The lowest BCUT2D eigenvalue weighted by molar-refractivity contribution is 0.256. The summed E-state index contributed by atoms with van der Waals surface area (Å²) in [4.78, 5) is 7.12. The average molecular weight is 262 g/mol. The maximum Gasteiger partial charge on any atom is 0.0368 e. The van der Waals surface area contributed by atoms with E-state index in [0.29, 0.717) is 0 Å². The Hall–Kier alpha value is -1.26. The molecular formula is C15H26N4. The van der Waals surface area contributed by atoms with Crippen LogP contribution in [0.5, 0.6) is 0 Å². The van der Waals surface area contributed by atoms with E-state index in [0.717, 1.165) is 45.7 Å². The molecule has 0 saturated carbocycles. The van der Waals surface area contributed by atoms with Crippen LogP contribution in [0.4, 0.5) is 11.4 Å². The van der Waals surface area contributed by atoms with Crippen molar-refractivity contribution in [1.82, 2.24) is 4.90 Å². The molecule has 0 atom stereocenters. The van der Waals surface area contributed by atoms with E-state index in [9.17, 15) is 0 Å². The van der Waals surface area contributed by atoms with Crippen LogP contribution in [-0.2, 0) is 0 Å². The first-order chi connectivity index (χ1) is 9.20. The minimum atomic E-state index is 0.798. The Morgan fingerprint density at radius 3 is 2.21 bits per heavy atom. The Balaban J connectivity index is 1.87. The van der Waals surface area contributed by atoms with Gasteiger partial charge < -0.3 is 15.5 Å². The number of benzene rings is 1. The predicted octanol–water partition coefficient (Wildman–Crippen LogP) is 1.22. The molecule has 1 aliphatic heterocycles. The number of rotatable bonds is 5. The maximum atomic E-state index is 5.56. The molecule has 2 N–H and O–H groups in total. The van der Waals surface area contributed by atoms with E-state index < -0.39 is 0 Å². The normalized spacial score (nSPS) is 16.7. The van der Waals surface area contributed by atoms with Crippen molar-refractivity contribution in [1.29, 1.82) is 0 Å². The van der Waals surface area contributed by atoms with Gasteiger partial charge >= 0.3 is 0 Å². The number of anilines is 2. The Kier molecular flexibility index (Phi) is 5.05. The van der Waals surface area contributed by atoms with Gasteiger partial charge in [0.15, 0.2) is 0 Å². The van der Waals surface area contributed by atoms with Crippen molar-refractivity contribution >= 4 is 11.4 Å². The number of piperazine rings is 1. The molecule has 0 aliphatic carbocycles. The van der Waals surface area contributed by atoms with Gasteiger partial charge in [-0.15, -0.1) is 0 Å². The summed E-state index contributed by atoms with van der Waals surface area (Å²) in [7, 11) is 4.15. The number of hydrogen-bond donors (Lipinski definition) is 1. The fourth-order valence-electron chi connectivity index (χ4n) is 2.51. The first kappa shape index (κ1) is 14.2. The molecule has 1 fully saturated rings. The topological polar surface area (TPSA) is 35.7 Å². The number of hydrogen-bond acceptors (Lipinski definition) is 4. The highest BCUT2D eigenvalue weighted by atomic mass is 15.3. The van der Waals surface area contributed by atoms with E-state index >= 15 is 0 Å². The van der Waals surface area contributed by atoms with Gasteiger partial charge in [0.25, 0.3) is 0 Å². The Bertz CT molecular complexity index is 366. The smallest absolute Gasteiger partial charge is 0.0368 e. The highest BCUT2D eigenvalue weighted by Gasteiger charge is 2.16. The van der Waals surface area contributed by atoms with Crippen molar-refractivity contribution in [3.05, 3.63) is 24.3 Å². The third kappa shape index (κ3) is 3.85. The number of nitrogens with zero attached hydrogens (tertiary/aromatic N) is 3. The van der Waals surface area contributed by atoms with Crippen LogP contribution in [0.15, 0.2) is 24.3 Å². The van der Waals surface area contributed by atoms with Crippen LogP contribution in [0.25, 0.3) is 0 Å². The van der Waals surface area contributed by atoms with Crippen LogP contribution < -0.4 is 15.5 Å². The maximum absolute atomic E-state index is 5.56. The lowest BCUT2D eigenvalue weighted by atomic mass is 10.2. The van der Waals surface area contributed by atoms with Crippen molar-refractivity contribution in [3.63, 3.8) is 0 Å². The lowest BCUT2D eigenvalue weighted by Gasteiger charge is -2.36. The highest BCUT2D eigenvalue weighted by Crippen LogP contribution is 2.20. The second kappa shape index (κ2) is 6.78. The third-order valence-electron chi connectivity index (χ3n) is 3.78. The van der Waals surface area contributed by atoms with Gasteiger partial charge in [-0.3, -0.25) is 4.90 Å². The van der Waals surface area contributed by atoms with Crippen molar-refractivity contribution < 1.29 is 0 Å². The first-order valence-corrected chi connectivity index (χ1v) is 7.15. The zero-order valence-electron chi connectivity index (χ0n) is 12.2. The van der Waals surface area contributed by atoms with Crippen LogP contribution >= 0.6 is 0 Å². The molecule has 0 amide bonds. The molecule has 4 nitrogen and oxygen atoms in total. The predicted molar refractivity (Wildman–Crippen MR) is 83.1 cm³/mol. The van der Waals surface area contributed by atoms with Gasteiger partial charge in [-0.2, -0.15) is 0 Å². The summed E-state index contributed by atoms with van der Waals surface area (Å²) in [5, 5.41) is 0. The van der Waals surface area contributed by atoms with E-state index in [-0.39, 0.29) is 0 Å². The summed E-state index contributed by atoms with van der Waals surface area (Å²) in [6.45, 7) is 6.47. The second-order valence-corrected chi connectivity index (χ2v) is 5.38. The molecule has 0 bridgehead atoms. The average Bonchev–Trinajstić information content (AvgIpc) is 2.46. The van der Waals surface area contributed by atoms with E-state index in [4.69, 9.17) is 5.73 Å². The van der Waals surface area contributed by atoms with Crippen LogP contribution in [0.2, 0.25) is 0 Å². The molecule has 1 aromatic rings. The van der Waals surface area contributed by atoms with Crippen molar-refractivity contribution in [2.45, 2.75) is 6.42 Å². The Morgan fingerprint density at radius 2 is 1.68 bits per heavy atom. The molecule has 0 radical (unpaired) electrons. The molecule has 1 saturated heterocycles. The van der Waals surface area contributed by atoms with Gasteiger partial charge in [0.2, 0.25) is 0 Å². The third-order valence-corrected chi connectivity index (χ3v) is 3.78. The van der Waals surface area contributed by atoms with E-state index in [2.05, 4.69) is 53.1 Å². The Labute approximate surface area is 116 Å². The summed E-state index contributed by atoms with van der Waals surface area (Å²) < 4.78 is 0. The van der Waals surface area contributed by atoms with Crippen molar-refractivity contribution in [2.24, 2.45) is 5.73 Å². The van der Waals surface area contributed by atoms with Crippen LogP contribution in [0.3, 0.4) is 0 Å². The minimum Gasteiger partial charge on any atom is -0.378 e. The second-order valence-electron chi connectivity index (χ2n) is 5.38. The summed E-state index contributed by atoms with van der Waals surface area (Å²) in [6, 6.07) is 8.84. The van der Waals surface area contributed by atoms with Gasteiger partial charge in [-0.05, 0) is 43.8 Å². The Morgan fingerprint density at radius 1 is 1.05 bits per heavy atom. The molecule has 1 aliphatic rings. The monoisotopic (exact) mass is 262 g/mol. The zero-order valence-corrected chi connectivity index (χ0v) is 12.2. The molecule has 0 unspecified atom stereocenters. The van der Waals surface area contributed by atoms with Crippen molar-refractivity contribution in [2.75, 3.05) is 63.2 Å². The fraction of sp³-hybridized carbons (Fsp3) is 0.600. The molecule has 0 spiro atoms. The summed E-state index contributed by atoms with van der Waals surface area (Å²) in [5.41, 5.74) is 8.15. The molecule has 19 heavy (non-hydrogen) atoms. The molecule has 106 valence electrons. The fourth-order valence-corrected chi connectivity index (χ4v) is 2.51. The zero-order chi connectivity index (χ0) is 13.7. The summed E-state index contributed by atoms with van der Waals surface area (Å²) in [5.74, 6) is 0. The molecule has 2 rings (SSSR count). The highest BCUT2D eigenvalue weighted by molar-refractivity contribution is 5.56. The summed E-state index contributed by atoms with van der Waals surface area (Å²) >= 11 is 0. The minimum absolute atomic E-state index is 0.798. The van der Waals surface area contributed by atoms with Crippen LogP contribution in [-0.4, -0.2) is 58.3 Å². The molecule has 1 heterocycles. The van der Waals surface area contributed by atoms with Crippen LogP contribution in [0.1, 0.15) is 6.42 Å². The van der Waals surface area contributed by atoms with E-state index in [1.165, 1.54) is 11.4 Å². The van der Waals surface area contributed by atoms with Gasteiger partial charge in [-0.25, -0.2) is 0 Å².